The van der Waals surface area contributed by atoms with Gasteiger partial charge in [0.05, 0.1) is 6.61 Å². The molecule has 0 aromatic carbocycles. The van der Waals surface area contributed by atoms with Crippen LogP contribution < -0.4 is 10.2 Å². The lowest BCUT2D eigenvalue weighted by molar-refractivity contribution is 0.175. The zero-order valence-corrected chi connectivity index (χ0v) is 12.2. The number of aromatic nitrogens is 2. The first-order valence-corrected chi connectivity index (χ1v) is 7.68. The molecule has 0 spiro atoms. The summed E-state index contributed by atoms with van der Waals surface area (Å²) in [6, 6.07) is 2.92. The molecule has 110 valence electrons. The van der Waals surface area contributed by atoms with Crippen LogP contribution in [0.4, 0.5) is 5.95 Å². The van der Waals surface area contributed by atoms with Crippen LogP contribution >= 0.6 is 0 Å². The second-order valence-electron chi connectivity index (χ2n) is 5.91. The average molecular weight is 276 g/mol. The summed E-state index contributed by atoms with van der Waals surface area (Å²) in [5.41, 5.74) is 0. The van der Waals surface area contributed by atoms with Crippen LogP contribution in [0.5, 0.6) is 0 Å². The second kappa shape index (κ2) is 6.50. The van der Waals surface area contributed by atoms with E-state index >= 15 is 0 Å². The number of piperidine rings is 1. The fraction of sp³-hybridized carbons (Fsp3) is 0.733. The molecule has 3 atom stereocenters. The third-order valence-electron chi connectivity index (χ3n) is 4.43. The first kappa shape index (κ1) is 13.8. The predicted molar refractivity (Wildman–Crippen MR) is 78.8 cm³/mol. The van der Waals surface area contributed by atoms with Gasteiger partial charge in [-0.2, -0.15) is 0 Å². The molecule has 5 heteroatoms. The van der Waals surface area contributed by atoms with E-state index in [-0.39, 0.29) is 0 Å². The molecule has 0 aliphatic carbocycles. The van der Waals surface area contributed by atoms with Crippen LogP contribution in [-0.2, 0) is 4.74 Å². The van der Waals surface area contributed by atoms with Gasteiger partial charge in [0, 0.05) is 44.2 Å². The number of nitrogens with zero attached hydrogens (tertiary/aromatic N) is 3. The molecular weight excluding hydrogens is 252 g/mol. The highest BCUT2D eigenvalue weighted by atomic mass is 16.5. The van der Waals surface area contributed by atoms with Crippen molar-refractivity contribution in [2.75, 3.05) is 31.2 Å². The summed E-state index contributed by atoms with van der Waals surface area (Å²) < 4.78 is 5.49. The molecule has 1 aromatic heterocycles. The summed E-state index contributed by atoms with van der Waals surface area (Å²) >= 11 is 0. The predicted octanol–water partition coefficient (Wildman–Crippen LogP) is 1.46. The van der Waals surface area contributed by atoms with Crippen molar-refractivity contribution in [3.63, 3.8) is 0 Å². The van der Waals surface area contributed by atoms with E-state index in [1.807, 2.05) is 18.5 Å². The van der Waals surface area contributed by atoms with Crippen molar-refractivity contribution in [3.8, 4) is 0 Å². The highest BCUT2D eigenvalue weighted by Crippen LogP contribution is 2.20. The molecule has 1 N–H and O–H groups in total. The van der Waals surface area contributed by atoms with Crippen LogP contribution in [0.3, 0.4) is 0 Å². The molecule has 1 aromatic rings. The van der Waals surface area contributed by atoms with E-state index in [4.69, 9.17) is 4.74 Å². The Hall–Kier alpha value is -1.20. The first-order chi connectivity index (χ1) is 9.83. The normalized spacial score (nSPS) is 28.6. The Morgan fingerprint density at radius 1 is 1.35 bits per heavy atom. The lowest BCUT2D eigenvalue weighted by atomic mass is 9.98. The quantitative estimate of drug-likeness (QED) is 0.902. The smallest absolute Gasteiger partial charge is 0.225 e. The minimum Gasteiger partial charge on any atom is -0.381 e. The molecule has 3 rings (SSSR count). The zero-order valence-electron chi connectivity index (χ0n) is 12.2. The van der Waals surface area contributed by atoms with Crippen molar-refractivity contribution >= 4 is 5.95 Å². The van der Waals surface area contributed by atoms with Gasteiger partial charge in [-0.15, -0.1) is 0 Å². The molecule has 0 radical (unpaired) electrons. The van der Waals surface area contributed by atoms with Gasteiger partial charge >= 0.3 is 0 Å². The van der Waals surface area contributed by atoms with Gasteiger partial charge < -0.3 is 15.0 Å². The molecule has 2 aliphatic heterocycles. The van der Waals surface area contributed by atoms with Gasteiger partial charge in [-0.3, -0.25) is 0 Å². The Morgan fingerprint density at radius 2 is 2.20 bits per heavy atom. The molecule has 0 saturated carbocycles. The number of ether oxygens (including phenoxy) is 1. The first-order valence-electron chi connectivity index (χ1n) is 7.68. The summed E-state index contributed by atoms with van der Waals surface area (Å²) in [4.78, 5) is 11.0. The molecule has 3 heterocycles. The van der Waals surface area contributed by atoms with E-state index < -0.39 is 0 Å². The monoisotopic (exact) mass is 276 g/mol. The van der Waals surface area contributed by atoms with Crippen LogP contribution in [0.1, 0.15) is 26.2 Å². The van der Waals surface area contributed by atoms with Crippen molar-refractivity contribution in [1.29, 1.82) is 0 Å². The van der Waals surface area contributed by atoms with E-state index in [0.29, 0.717) is 18.0 Å². The van der Waals surface area contributed by atoms with Crippen LogP contribution in [0.15, 0.2) is 18.5 Å². The summed E-state index contributed by atoms with van der Waals surface area (Å²) in [5, 5.41) is 3.78. The number of anilines is 1. The SMILES string of the molecule is CC(NC1CCCN(c2ncccn2)C1)C1CCOC1. The second-order valence-corrected chi connectivity index (χ2v) is 5.91. The van der Waals surface area contributed by atoms with E-state index in [2.05, 4.69) is 27.1 Å². The Labute approximate surface area is 120 Å². The van der Waals surface area contributed by atoms with Crippen molar-refractivity contribution in [3.05, 3.63) is 18.5 Å². The number of hydrogen-bond acceptors (Lipinski definition) is 5. The minimum absolute atomic E-state index is 0.527. The molecule has 2 fully saturated rings. The standard InChI is InChI=1S/C15H24N4O/c1-12(13-5-9-20-11-13)18-14-4-2-8-19(10-14)15-16-6-3-7-17-15/h3,6-7,12-14,18H,2,4-5,8-11H2,1H3. The zero-order chi connectivity index (χ0) is 13.8. The molecule has 5 nitrogen and oxygen atoms in total. The van der Waals surface area contributed by atoms with Gasteiger partial charge in [0.1, 0.15) is 0 Å². The fourth-order valence-electron chi connectivity index (χ4n) is 3.20. The third-order valence-corrected chi connectivity index (χ3v) is 4.43. The molecule has 2 aliphatic rings. The van der Waals surface area contributed by atoms with E-state index in [1.54, 1.807) is 0 Å². The van der Waals surface area contributed by atoms with Gasteiger partial charge in [0.15, 0.2) is 0 Å². The van der Waals surface area contributed by atoms with E-state index in [9.17, 15) is 0 Å². The van der Waals surface area contributed by atoms with Crippen LogP contribution in [0.2, 0.25) is 0 Å². The molecule has 20 heavy (non-hydrogen) atoms. The van der Waals surface area contributed by atoms with Crippen molar-refractivity contribution < 1.29 is 4.74 Å². The lowest BCUT2D eigenvalue weighted by Gasteiger charge is -2.35. The maximum atomic E-state index is 5.49. The van der Waals surface area contributed by atoms with Gasteiger partial charge in [0.25, 0.3) is 0 Å². The summed E-state index contributed by atoms with van der Waals surface area (Å²) in [6.07, 6.45) is 7.26. The molecule has 2 saturated heterocycles. The molecular formula is C15H24N4O. The highest BCUT2D eigenvalue weighted by Gasteiger charge is 2.27. The van der Waals surface area contributed by atoms with Crippen LogP contribution in [-0.4, -0.2) is 48.4 Å². The van der Waals surface area contributed by atoms with Crippen molar-refractivity contribution in [2.24, 2.45) is 5.92 Å². The highest BCUT2D eigenvalue weighted by molar-refractivity contribution is 5.29. The maximum Gasteiger partial charge on any atom is 0.225 e. The number of rotatable bonds is 4. The van der Waals surface area contributed by atoms with Gasteiger partial charge in [0.2, 0.25) is 5.95 Å². The number of hydrogen-bond donors (Lipinski definition) is 1. The van der Waals surface area contributed by atoms with Gasteiger partial charge in [-0.1, -0.05) is 0 Å². The van der Waals surface area contributed by atoms with Crippen LogP contribution in [0, 0.1) is 5.92 Å². The Morgan fingerprint density at radius 3 is 2.95 bits per heavy atom. The number of nitrogens with one attached hydrogen (secondary N) is 1. The molecule has 0 amide bonds. The van der Waals surface area contributed by atoms with E-state index in [0.717, 1.165) is 32.3 Å². The lowest BCUT2D eigenvalue weighted by Crippen LogP contribution is -2.50. The van der Waals surface area contributed by atoms with Crippen molar-refractivity contribution in [1.82, 2.24) is 15.3 Å². The van der Waals surface area contributed by atoms with Gasteiger partial charge in [-0.05, 0) is 38.2 Å². The maximum absolute atomic E-state index is 5.49. The minimum atomic E-state index is 0.527. The topological polar surface area (TPSA) is 50.3 Å². The average Bonchev–Trinajstić information content (AvgIpc) is 3.03. The largest absolute Gasteiger partial charge is 0.381 e. The summed E-state index contributed by atoms with van der Waals surface area (Å²) in [7, 11) is 0. The Kier molecular flexibility index (Phi) is 4.47. The van der Waals surface area contributed by atoms with Crippen molar-refractivity contribution in [2.45, 2.75) is 38.3 Å². The summed E-state index contributed by atoms with van der Waals surface area (Å²) in [5.74, 6) is 1.52. The Balaban J connectivity index is 1.55. The molecule has 0 bridgehead atoms. The van der Waals surface area contributed by atoms with Gasteiger partial charge in [-0.25, -0.2) is 9.97 Å². The van der Waals surface area contributed by atoms with E-state index in [1.165, 1.54) is 19.3 Å². The Bertz CT molecular complexity index is 408. The third kappa shape index (κ3) is 3.27. The fourth-order valence-corrected chi connectivity index (χ4v) is 3.20. The van der Waals surface area contributed by atoms with Crippen LogP contribution in [0.25, 0.3) is 0 Å². The molecule has 3 unspecified atom stereocenters. The summed E-state index contributed by atoms with van der Waals surface area (Å²) in [6.45, 7) is 6.18.